The molecule has 0 bridgehead atoms. The van der Waals surface area contributed by atoms with E-state index in [0.717, 1.165) is 6.26 Å². The van der Waals surface area contributed by atoms with E-state index in [4.69, 9.17) is 0 Å². The lowest BCUT2D eigenvalue weighted by Gasteiger charge is -2.18. The predicted octanol–water partition coefficient (Wildman–Crippen LogP) is 2.82. The minimum atomic E-state index is -3.38. The molecule has 6 nitrogen and oxygen atoms in total. The van der Waals surface area contributed by atoms with Crippen molar-refractivity contribution in [2.75, 3.05) is 24.7 Å². The Morgan fingerprint density at radius 2 is 1.58 bits per heavy atom. The first kappa shape index (κ1) is 19.7. The summed E-state index contributed by atoms with van der Waals surface area (Å²) < 4.78 is 23.2. The van der Waals surface area contributed by atoms with E-state index in [1.165, 1.54) is 18.2 Å². The van der Waals surface area contributed by atoms with Crippen molar-refractivity contribution in [1.82, 2.24) is 4.90 Å². The Morgan fingerprint density at radius 1 is 0.962 bits per heavy atom. The number of carbonyl (C=O) groups excluding carboxylic acids is 2. The lowest BCUT2D eigenvalue weighted by Crippen LogP contribution is -2.30. The Balaban J connectivity index is 2.14. The third-order valence-corrected chi connectivity index (χ3v) is 5.07. The van der Waals surface area contributed by atoms with Crippen LogP contribution in [-0.4, -0.2) is 44.5 Å². The molecular weight excluding hydrogens is 352 g/mol. The van der Waals surface area contributed by atoms with Crippen LogP contribution in [0.1, 0.15) is 34.6 Å². The molecule has 0 fully saturated rings. The number of carbonyl (C=O) groups is 2. The maximum absolute atomic E-state index is 12.3. The number of sulfone groups is 1. The van der Waals surface area contributed by atoms with Crippen LogP contribution in [0.5, 0.6) is 0 Å². The summed E-state index contributed by atoms with van der Waals surface area (Å²) >= 11 is 0. The van der Waals surface area contributed by atoms with Crippen molar-refractivity contribution < 1.29 is 18.0 Å². The normalized spacial score (nSPS) is 11.0. The molecule has 0 aromatic heterocycles. The second kappa shape index (κ2) is 8.14. The Hall–Kier alpha value is -2.67. The summed E-state index contributed by atoms with van der Waals surface area (Å²) in [4.78, 5) is 26.4. The molecule has 0 saturated carbocycles. The largest absolute Gasteiger partial charge is 0.339 e. The van der Waals surface area contributed by atoms with Crippen LogP contribution in [0.3, 0.4) is 0 Å². The van der Waals surface area contributed by atoms with Crippen molar-refractivity contribution in [2.24, 2.45) is 0 Å². The molecule has 0 unspecified atom stereocenters. The smallest absolute Gasteiger partial charge is 0.255 e. The Labute approximate surface area is 153 Å². The molecule has 2 aromatic rings. The van der Waals surface area contributed by atoms with E-state index in [9.17, 15) is 18.0 Å². The summed E-state index contributed by atoms with van der Waals surface area (Å²) in [6, 6.07) is 12.5. The first-order valence-electron chi connectivity index (χ1n) is 8.27. The summed E-state index contributed by atoms with van der Waals surface area (Å²) in [6.45, 7) is 5.09. The third kappa shape index (κ3) is 4.70. The van der Waals surface area contributed by atoms with Crippen molar-refractivity contribution in [3.63, 3.8) is 0 Å². The van der Waals surface area contributed by atoms with Gasteiger partial charge in [-0.1, -0.05) is 6.07 Å². The quantitative estimate of drug-likeness (QED) is 0.843. The van der Waals surface area contributed by atoms with E-state index in [1.54, 1.807) is 35.2 Å². The Morgan fingerprint density at radius 3 is 2.12 bits per heavy atom. The first-order valence-corrected chi connectivity index (χ1v) is 10.2. The molecule has 2 rings (SSSR count). The molecular formula is C19H22N2O4S. The van der Waals surface area contributed by atoms with Crippen LogP contribution in [0.4, 0.5) is 5.69 Å². The summed E-state index contributed by atoms with van der Waals surface area (Å²) in [5.41, 5.74) is 1.32. The average Bonchev–Trinajstić information content (AvgIpc) is 2.62. The van der Waals surface area contributed by atoms with Gasteiger partial charge in [0, 0.05) is 36.2 Å². The van der Waals surface area contributed by atoms with Gasteiger partial charge in [0.25, 0.3) is 11.8 Å². The van der Waals surface area contributed by atoms with Crippen molar-refractivity contribution in [1.29, 1.82) is 0 Å². The fourth-order valence-electron chi connectivity index (χ4n) is 2.46. The second-order valence-corrected chi connectivity index (χ2v) is 7.82. The van der Waals surface area contributed by atoms with Gasteiger partial charge >= 0.3 is 0 Å². The van der Waals surface area contributed by atoms with Crippen LogP contribution in [0, 0.1) is 0 Å². The molecule has 0 radical (unpaired) electrons. The maximum Gasteiger partial charge on any atom is 0.255 e. The highest BCUT2D eigenvalue weighted by Crippen LogP contribution is 2.15. The van der Waals surface area contributed by atoms with Crippen LogP contribution < -0.4 is 5.32 Å². The first-order chi connectivity index (χ1) is 12.3. The van der Waals surface area contributed by atoms with Gasteiger partial charge in [0.05, 0.1) is 4.90 Å². The van der Waals surface area contributed by atoms with E-state index in [-0.39, 0.29) is 16.4 Å². The maximum atomic E-state index is 12.3. The van der Waals surface area contributed by atoms with Crippen LogP contribution in [-0.2, 0) is 9.84 Å². The van der Waals surface area contributed by atoms with Crippen LogP contribution in [0.2, 0.25) is 0 Å². The van der Waals surface area contributed by atoms with Gasteiger partial charge in [0.1, 0.15) is 0 Å². The fraction of sp³-hybridized carbons (Fsp3) is 0.263. The number of nitrogens with zero attached hydrogens (tertiary/aromatic N) is 1. The van der Waals surface area contributed by atoms with E-state index in [1.807, 2.05) is 13.8 Å². The molecule has 1 N–H and O–H groups in total. The van der Waals surface area contributed by atoms with Gasteiger partial charge in [0.2, 0.25) is 0 Å². The number of anilines is 1. The molecule has 0 aliphatic carbocycles. The number of benzene rings is 2. The summed E-state index contributed by atoms with van der Waals surface area (Å²) in [5.74, 6) is -0.480. The molecule has 138 valence electrons. The van der Waals surface area contributed by atoms with Crippen molar-refractivity contribution >= 4 is 27.3 Å². The van der Waals surface area contributed by atoms with Gasteiger partial charge in [0.15, 0.2) is 9.84 Å². The van der Waals surface area contributed by atoms with Gasteiger partial charge < -0.3 is 10.2 Å². The molecule has 0 spiro atoms. The topological polar surface area (TPSA) is 83.6 Å². The van der Waals surface area contributed by atoms with E-state index >= 15 is 0 Å². The molecule has 26 heavy (non-hydrogen) atoms. The molecule has 0 saturated heterocycles. The van der Waals surface area contributed by atoms with Crippen LogP contribution in [0.15, 0.2) is 53.4 Å². The van der Waals surface area contributed by atoms with E-state index < -0.39 is 15.7 Å². The second-order valence-electron chi connectivity index (χ2n) is 5.81. The fourth-order valence-corrected chi connectivity index (χ4v) is 3.13. The molecule has 2 amide bonds. The summed E-state index contributed by atoms with van der Waals surface area (Å²) in [5, 5.41) is 2.70. The molecule has 0 aliphatic heterocycles. The van der Waals surface area contributed by atoms with Crippen LogP contribution >= 0.6 is 0 Å². The average molecular weight is 374 g/mol. The number of rotatable bonds is 6. The Bertz CT molecular complexity index is 901. The van der Waals surface area contributed by atoms with Gasteiger partial charge in [-0.15, -0.1) is 0 Å². The van der Waals surface area contributed by atoms with Gasteiger partial charge in [-0.2, -0.15) is 0 Å². The molecule has 2 aromatic carbocycles. The molecule has 0 aliphatic rings. The standard InChI is InChI=1S/C19H22N2O4S/c1-4-21(5-2)19(23)14-9-11-16(12-10-14)20-18(22)15-7-6-8-17(13-15)26(3,24)25/h6-13H,4-5H2,1-3H3,(H,20,22). The highest BCUT2D eigenvalue weighted by Gasteiger charge is 2.14. The number of amides is 2. The molecule has 7 heteroatoms. The van der Waals surface area contributed by atoms with Gasteiger partial charge in [-0.05, 0) is 56.3 Å². The highest BCUT2D eigenvalue weighted by molar-refractivity contribution is 7.90. The highest BCUT2D eigenvalue weighted by atomic mass is 32.2. The SMILES string of the molecule is CCN(CC)C(=O)c1ccc(NC(=O)c2cccc(S(C)(=O)=O)c2)cc1. The number of nitrogens with one attached hydrogen (secondary N) is 1. The molecule has 0 heterocycles. The van der Waals surface area contributed by atoms with E-state index in [2.05, 4.69) is 5.32 Å². The van der Waals surface area contributed by atoms with Gasteiger partial charge in [-0.3, -0.25) is 9.59 Å². The van der Waals surface area contributed by atoms with E-state index in [0.29, 0.717) is 24.3 Å². The summed E-state index contributed by atoms with van der Waals surface area (Å²) in [7, 11) is -3.38. The van der Waals surface area contributed by atoms with Crippen LogP contribution in [0.25, 0.3) is 0 Å². The number of hydrogen-bond acceptors (Lipinski definition) is 4. The monoisotopic (exact) mass is 374 g/mol. The minimum Gasteiger partial charge on any atom is -0.339 e. The minimum absolute atomic E-state index is 0.0614. The van der Waals surface area contributed by atoms with Gasteiger partial charge in [-0.25, -0.2) is 8.42 Å². The predicted molar refractivity (Wildman–Crippen MR) is 101 cm³/mol. The molecule has 0 atom stereocenters. The van der Waals surface area contributed by atoms with Crippen molar-refractivity contribution in [3.8, 4) is 0 Å². The number of hydrogen-bond donors (Lipinski definition) is 1. The Kier molecular flexibility index (Phi) is 6.15. The van der Waals surface area contributed by atoms with Crippen molar-refractivity contribution in [3.05, 3.63) is 59.7 Å². The zero-order valence-corrected chi connectivity index (χ0v) is 15.8. The van der Waals surface area contributed by atoms with Crippen molar-refractivity contribution in [2.45, 2.75) is 18.7 Å². The lowest BCUT2D eigenvalue weighted by molar-refractivity contribution is 0.0773. The lowest BCUT2D eigenvalue weighted by atomic mass is 10.1. The zero-order chi connectivity index (χ0) is 19.3. The zero-order valence-electron chi connectivity index (χ0n) is 15.0. The summed E-state index contributed by atoms with van der Waals surface area (Å²) in [6.07, 6.45) is 1.09. The third-order valence-electron chi connectivity index (χ3n) is 3.96.